The predicted octanol–water partition coefficient (Wildman–Crippen LogP) is 1.99. The fourth-order valence-corrected chi connectivity index (χ4v) is 4.78. The molecule has 0 N–H and O–H groups in total. The quantitative estimate of drug-likeness (QED) is 0.477. The van der Waals surface area contributed by atoms with Crippen molar-refractivity contribution in [3.63, 3.8) is 0 Å². The fraction of sp³-hybridized carbons (Fsp3) is 0.625. The summed E-state index contributed by atoms with van der Waals surface area (Å²) in [5, 5.41) is 9.69. The first kappa shape index (κ1) is 24.0. The second-order valence-electron chi connectivity index (χ2n) is 8.83. The van der Waals surface area contributed by atoms with E-state index >= 15 is 0 Å². The molecular formula is C24H35N5O3. The molecule has 0 aromatic carbocycles. The number of carbonyl (C=O) groups excluding carboxylic acids is 2. The molecule has 1 unspecified atom stereocenters. The third-order valence-corrected chi connectivity index (χ3v) is 6.50. The van der Waals surface area contributed by atoms with Crippen molar-refractivity contribution in [2.24, 2.45) is 0 Å². The van der Waals surface area contributed by atoms with Crippen LogP contribution in [0.3, 0.4) is 0 Å². The number of aromatic nitrogens is 1. The molecule has 2 amide bonds. The molecule has 0 radical (unpaired) electrons. The Hall–Kier alpha value is -2.63. The van der Waals surface area contributed by atoms with Crippen LogP contribution in [0.4, 0.5) is 0 Å². The van der Waals surface area contributed by atoms with Crippen LogP contribution in [0.1, 0.15) is 42.8 Å². The van der Waals surface area contributed by atoms with E-state index in [4.69, 9.17) is 4.74 Å². The van der Waals surface area contributed by atoms with Gasteiger partial charge in [-0.2, -0.15) is 5.26 Å². The summed E-state index contributed by atoms with van der Waals surface area (Å²) in [4.78, 5) is 31.2. The van der Waals surface area contributed by atoms with E-state index in [1.807, 2.05) is 24.8 Å². The second kappa shape index (κ2) is 10.8. The minimum absolute atomic E-state index is 0.145. The maximum atomic E-state index is 13.0. The van der Waals surface area contributed by atoms with Gasteiger partial charge in [0.15, 0.2) is 0 Å². The molecule has 0 spiro atoms. The van der Waals surface area contributed by atoms with E-state index in [9.17, 15) is 14.9 Å². The first-order valence-electron chi connectivity index (χ1n) is 11.4. The lowest BCUT2D eigenvalue weighted by Crippen LogP contribution is -2.51. The lowest BCUT2D eigenvalue weighted by molar-refractivity contribution is -0.132. The van der Waals surface area contributed by atoms with Crippen molar-refractivity contribution in [2.75, 3.05) is 59.5 Å². The largest absolute Gasteiger partial charge is 0.383 e. The lowest BCUT2D eigenvalue weighted by Gasteiger charge is -2.34. The summed E-state index contributed by atoms with van der Waals surface area (Å²) >= 11 is 0. The van der Waals surface area contributed by atoms with E-state index in [-0.39, 0.29) is 23.4 Å². The summed E-state index contributed by atoms with van der Waals surface area (Å²) in [6.45, 7) is 11.2. The van der Waals surface area contributed by atoms with E-state index in [0.717, 1.165) is 42.9 Å². The number of amides is 2. The Morgan fingerprint density at radius 2 is 1.78 bits per heavy atom. The van der Waals surface area contributed by atoms with Crippen molar-refractivity contribution < 1.29 is 14.3 Å². The number of rotatable bonds is 7. The van der Waals surface area contributed by atoms with E-state index in [0.29, 0.717) is 39.3 Å². The molecule has 8 nitrogen and oxygen atoms in total. The molecule has 8 heteroatoms. The van der Waals surface area contributed by atoms with Crippen molar-refractivity contribution in [3.05, 3.63) is 28.6 Å². The van der Waals surface area contributed by atoms with Gasteiger partial charge in [0.2, 0.25) is 5.91 Å². The smallest absolute Gasteiger partial charge is 0.264 e. The number of piperazine rings is 1. The molecule has 1 atom stereocenters. The van der Waals surface area contributed by atoms with Gasteiger partial charge in [0.25, 0.3) is 5.91 Å². The van der Waals surface area contributed by atoms with Gasteiger partial charge in [0, 0.05) is 57.8 Å². The van der Waals surface area contributed by atoms with Crippen LogP contribution in [-0.2, 0) is 14.3 Å². The molecule has 0 bridgehead atoms. The molecule has 174 valence electrons. The normalized spacial score (nSPS) is 18.7. The minimum Gasteiger partial charge on any atom is -0.383 e. The number of hydrogen-bond acceptors (Lipinski definition) is 5. The SMILES string of the molecule is COCC(C)n1c(C)cc(/C=C(/C#N)C(=O)N2CCN(CC(=O)N3CCCC3)CC2)c1C. The molecule has 0 saturated carbocycles. The van der Waals surface area contributed by atoms with Gasteiger partial charge in [-0.25, -0.2) is 0 Å². The van der Waals surface area contributed by atoms with Crippen molar-refractivity contribution in [3.8, 4) is 6.07 Å². The molecule has 1 aromatic heterocycles. The summed E-state index contributed by atoms with van der Waals surface area (Å²) in [7, 11) is 1.68. The summed E-state index contributed by atoms with van der Waals surface area (Å²) < 4.78 is 7.45. The number of hydrogen-bond donors (Lipinski definition) is 0. The predicted molar refractivity (Wildman–Crippen MR) is 123 cm³/mol. The van der Waals surface area contributed by atoms with Crippen LogP contribution in [0.15, 0.2) is 11.6 Å². The van der Waals surface area contributed by atoms with E-state index < -0.39 is 0 Å². The number of likely N-dealkylation sites (tertiary alicyclic amines) is 1. The number of ether oxygens (including phenoxy) is 1. The molecule has 2 fully saturated rings. The maximum absolute atomic E-state index is 13.0. The van der Waals surface area contributed by atoms with Gasteiger partial charge in [0.05, 0.1) is 19.2 Å². The highest BCUT2D eigenvalue weighted by Gasteiger charge is 2.27. The average Bonchev–Trinajstić information content (AvgIpc) is 3.40. The van der Waals surface area contributed by atoms with Crippen LogP contribution in [-0.4, -0.2) is 90.6 Å². The number of aryl methyl sites for hydroxylation is 1. The average molecular weight is 442 g/mol. The van der Waals surface area contributed by atoms with Gasteiger partial charge in [0.1, 0.15) is 11.6 Å². The Labute approximate surface area is 191 Å². The zero-order valence-corrected chi connectivity index (χ0v) is 19.8. The topological polar surface area (TPSA) is 81.8 Å². The van der Waals surface area contributed by atoms with Crippen molar-refractivity contribution in [2.45, 2.75) is 39.7 Å². The molecule has 1 aromatic rings. The summed E-state index contributed by atoms with van der Waals surface area (Å²) in [5.74, 6) is -0.0642. The van der Waals surface area contributed by atoms with Crippen LogP contribution in [0, 0.1) is 25.2 Å². The molecule has 0 aliphatic carbocycles. The van der Waals surface area contributed by atoms with E-state index in [1.54, 1.807) is 18.1 Å². The van der Waals surface area contributed by atoms with Crippen LogP contribution in [0.25, 0.3) is 6.08 Å². The molecule has 3 rings (SSSR count). The van der Waals surface area contributed by atoms with E-state index in [1.165, 1.54) is 0 Å². The van der Waals surface area contributed by atoms with Gasteiger partial charge in [-0.3, -0.25) is 14.5 Å². The Kier molecular flexibility index (Phi) is 8.10. The Balaban J connectivity index is 1.63. The molecule has 32 heavy (non-hydrogen) atoms. The summed E-state index contributed by atoms with van der Waals surface area (Å²) in [5.41, 5.74) is 3.11. The van der Waals surface area contributed by atoms with Crippen molar-refractivity contribution >= 4 is 17.9 Å². The summed E-state index contributed by atoms with van der Waals surface area (Å²) in [6.07, 6.45) is 3.87. The number of carbonyl (C=O) groups is 2. The third kappa shape index (κ3) is 5.40. The highest BCUT2D eigenvalue weighted by Crippen LogP contribution is 2.23. The molecule has 2 aliphatic heterocycles. The van der Waals surface area contributed by atoms with Crippen molar-refractivity contribution in [1.29, 1.82) is 5.26 Å². The first-order chi connectivity index (χ1) is 15.3. The molecule has 2 aliphatic rings. The van der Waals surface area contributed by atoms with Gasteiger partial charge < -0.3 is 19.1 Å². The first-order valence-corrected chi connectivity index (χ1v) is 11.4. The van der Waals surface area contributed by atoms with Crippen LogP contribution < -0.4 is 0 Å². The van der Waals surface area contributed by atoms with Crippen LogP contribution in [0.5, 0.6) is 0 Å². The van der Waals surface area contributed by atoms with Gasteiger partial charge >= 0.3 is 0 Å². The zero-order valence-electron chi connectivity index (χ0n) is 19.8. The summed E-state index contributed by atoms with van der Waals surface area (Å²) in [6, 6.07) is 4.27. The van der Waals surface area contributed by atoms with Gasteiger partial charge in [-0.15, -0.1) is 0 Å². The third-order valence-electron chi connectivity index (χ3n) is 6.50. The highest BCUT2D eigenvalue weighted by molar-refractivity contribution is 6.01. The minimum atomic E-state index is -0.243. The van der Waals surface area contributed by atoms with E-state index in [2.05, 4.69) is 22.5 Å². The monoisotopic (exact) mass is 441 g/mol. The molecule has 3 heterocycles. The number of methoxy groups -OCH3 is 1. The Morgan fingerprint density at radius 3 is 2.38 bits per heavy atom. The standard InChI is InChI=1S/C24H35N5O3/c1-18-13-21(20(3)29(18)19(2)17-32-4)14-22(15-25)24(31)28-11-9-26(10-12-28)16-23(30)27-7-5-6-8-27/h13-14,19H,5-12,16-17H2,1-4H3/b22-14-. The maximum Gasteiger partial charge on any atom is 0.264 e. The Bertz CT molecular complexity index is 899. The Morgan fingerprint density at radius 1 is 1.12 bits per heavy atom. The number of nitriles is 1. The highest BCUT2D eigenvalue weighted by atomic mass is 16.5. The van der Waals surface area contributed by atoms with Crippen molar-refractivity contribution in [1.82, 2.24) is 19.3 Å². The number of nitrogens with zero attached hydrogens (tertiary/aromatic N) is 5. The van der Waals surface area contributed by atoms with Crippen LogP contribution >= 0.6 is 0 Å². The molecule has 2 saturated heterocycles. The second-order valence-corrected chi connectivity index (χ2v) is 8.83. The zero-order chi connectivity index (χ0) is 23.3. The van der Waals surface area contributed by atoms with Gasteiger partial charge in [-0.05, 0) is 51.3 Å². The van der Waals surface area contributed by atoms with Gasteiger partial charge in [-0.1, -0.05) is 0 Å². The fourth-order valence-electron chi connectivity index (χ4n) is 4.78. The van der Waals surface area contributed by atoms with Crippen LogP contribution in [0.2, 0.25) is 0 Å². The molecular weight excluding hydrogens is 406 g/mol. The lowest BCUT2D eigenvalue weighted by atomic mass is 10.1.